The quantitative estimate of drug-likeness (QED) is 0.854. The molecule has 0 aliphatic rings. The van der Waals surface area contributed by atoms with Crippen molar-refractivity contribution >= 4 is 10.8 Å². The Balaban J connectivity index is 2.36. The van der Waals surface area contributed by atoms with E-state index in [4.69, 9.17) is 4.74 Å². The molecule has 1 unspecified atom stereocenters. The predicted octanol–water partition coefficient (Wildman–Crippen LogP) is 2.30. The molecule has 1 heterocycles. The molecular weight excluding hydrogens is 202 g/mol. The van der Waals surface area contributed by atoms with Gasteiger partial charge in [-0.3, -0.25) is 4.98 Å². The molecule has 1 N–H and O–H groups in total. The van der Waals surface area contributed by atoms with Crippen LogP contribution >= 0.6 is 0 Å². The molecular formula is C13H15NO2. The molecule has 0 fully saturated rings. The van der Waals surface area contributed by atoms with Crippen LogP contribution in [0.5, 0.6) is 0 Å². The smallest absolute Gasteiger partial charge is 0.103 e. The summed E-state index contributed by atoms with van der Waals surface area (Å²) in [6.45, 7) is 2.85. The predicted molar refractivity (Wildman–Crippen MR) is 63.2 cm³/mol. The van der Waals surface area contributed by atoms with Gasteiger partial charge in [-0.05, 0) is 23.9 Å². The highest BCUT2D eigenvalue weighted by Gasteiger charge is 2.10. The standard InChI is InChI=1S/C13H15NO2/c1-2-16-9-13(15)11-5-3-4-10-6-7-14-8-12(10)11/h3-8,13,15H,2,9H2,1H3. The van der Waals surface area contributed by atoms with Crippen LogP contribution in [0.2, 0.25) is 0 Å². The number of rotatable bonds is 4. The van der Waals surface area contributed by atoms with Crippen LogP contribution in [0.3, 0.4) is 0 Å². The van der Waals surface area contributed by atoms with E-state index in [1.807, 2.05) is 31.2 Å². The fourth-order valence-corrected chi connectivity index (χ4v) is 1.75. The molecule has 0 spiro atoms. The van der Waals surface area contributed by atoms with Gasteiger partial charge in [0.15, 0.2) is 0 Å². The van der Waals surface area contributed by atoms with Gasteiger partial charge in [0.1, 0.15) is 6.10 Å². The number of benzene rings is 1. The zero-order valence-corrected chi connectivity index (χ0v) is 9.26. The molecule has 2 rings (SSSR count). The molecule has 3 nitrogen and oxygen atoms in total. The molecule has 1 aromatic carbocycles. The van der Waals surface area contributed by atoms with Gasteiger partial charge in [-0.15, -0.1) is 0 Å². The van der Waals surface area contributed by atoms with Gasteiger partial charge in [0.25, 0.3) is 0 Å². The summed E-state index contributed by atoms with van der Waals surface area (Å²) < 4.78 is 5.23. The zero-order valence-electron chi connectivity index (χ0n) is 9.26. The molecule has 16 heavy (non-hydrogen) atoms. The van der Waals surface area contributed by atoms with E-state index in [-0.39, 0.29) is 0 Å². The van der Waals surface area contributed by atoms with Crippen molar-refractivity contribution in [3.05, 3.63) is 42.2 Å². The Hall–Kier alpha value is -1.45. The molecule has 0 radical (unpaired) electrons. The molecule has 0 saturated heterocycles. The van der Waals surface area contributed by atoms with Gasteiger partial charge in [-0.2, -0.15) is 0 Å². The first-order chi connectivity index (χ1) is 7.83. The second-order valence-corrected chi connectivity index (χ2v) is 3.62. The minimum Gasteiger partial charge on any atom is -0.386 e. The lowest BCUT2D eigenvalue weighted by Gasteiger charge is -2.13. The SMILES string of the molecule is CCOCC(O)c1cccc2ccncc12. The van der Waals surface area contributed by atoms with Crippen LogP contribution in [-0.4, -0.2) is 23.3 Å². The van der Waals surface area contributed by atoms with Gasteiger partial charge in [0.2, 0.25) is 0 Å². The maximum atomic E-state index is 10.00. The van der Waals surface area contributed by atoms with Crippen LogP contribution in [0, 0.1) is 0 Å². The van der Waals surface area contributed by atoms with Crippen LogP contribution in [0.4, 0.5) is 0 Å². The van der Waals surface area contributed by atoms with Gasteiger partial charge < -0.3 is 9.84 Å². The lowest BCUT2D eigenvalue weighted by Crippen LogP contribution is -2.07. The van der Waals surface area contributed by atoms with E-state index < -0.39 is 6.10 Å². The molecule has 0 bridgehead atoms. The maximum absolute atomic E-state index is 10.00. The summed E-state index contributed by atoms with van der Waals surface area (Å²) in [6, 6.07) is 7.79. The summed E-state index contributed by atoms with van der Waals surface area (Å²) >= 11 is 0. The molecule has 0 aliphatic carbocycles. The van der Waals surface area contributed by atoms with Crippen molar-refractivity contribution in [2.75, 3.05) is 13.2 Å². The first-order valence-electron chi connectivity index (χ1n) is 5.41. The number of ether oxygens (including phenoxy) is 1. The summed E-state index contributed by atoms with van der Waals surface area (Å²) in [7, 11) is 0. The van der Waals surface area contributed by atoms with Crippen molar-refractivity contribution < 1.29 is 9.84 Å². The van der Waals surface area contributed by atoms with Crippen molar-refractivity contribution in [2.45, 2.75) is 13.0 Å². The third kappa shape index (κ3) is 2.21. The number of hydrogen-bond acceptors (Lipinski definition) is 3. The first-order valence-corrected chi connectivity index (χ1v) is 5.41. The lowest BCUT2D eigenvalue weighted by atomic mass is 10.0. The summed E-state index contributed by atoms with van der Waals surface area (Å²) in [5.74, 6) is 0. The fraction of sp³-hybridized carbons (Fsp3) is 0.308. The maximum Gasteiger partial charge on any atom is 0.103 e. The van der Waals surface area contributed by atoms with E-state index in [1.54, 1.807) is 12.4 Å². The Morgan fingerprint density at radius 1 is 1.38 bits per heavy atom. The van der Waals surface area contributed by atoms with Gasteiger partial charge in [-0.1, -0.05) is 18.2 Å². The number of hydrogen-bond donors (Lipinski definition) is 1. The lowest BCUT2D eigenvalue weighted by molar-refractivity contribution is 0.0428. The van der Waals surface area contributed by atoms with Crippen molar-refractivity contribution in [1.82, 2.24) is 4.98 Å². The normalized spacial score (nSPS) is 12.9. The largest absolute Gasteiger partial charge is 0.386 e. The van der Waals surface area contributed by atoms with E-state index in [1.165, 1.54) is 0 Å². The number of aliphatic hydroxyl groups excluding tert-OH is 1. The van der Waals surface area contributed by atoms with Crippen molar-refractivity contribution in [3.63, 3.8) is 0 Å². The molecule has 0 saturated carbocycles. The minimum absolute atomic E-state index is 0.324. The zero-order chi connectivity index (χ0) is 11.4. The summed E-state index contributed by atoms with van der Waals surface area (Å²) in [4.78, 5) is 4.08. The van der Waals surface area contributed by atoms with E-state index in [2.05, 4.69) is 4.98 Å². The Morgan fingerprint density at radius 3 is 3.06 bits per heavy atom. The Bertz CT molecular complexity index is 465. The topological polar surface area (TPSA) is 42.4 Å². The van der Waals surface area contributed by atoms with Crippen molar-refractivity contribution in [3.8, 4) is 0 Å². The molecule has 2 aromatic rings. The average Bonchev–Trinajstić information content (AvgIpc) is 2.35. The number of nitrogens with zero attached hydrogens (tertiary/aromatic N) is 1. The summed E-state index contributed by atoms with van der Waals surface area (Å²) in [5, 5.41) is 12.1. The molecule has 3 heteroatoms. The van der Waals surface area contributed by atoms with Crippen molar-refractivity contribution in [1.29, 1.82) is 0 Å². The minimum atomic E-state index is -0.590. The molecule has 0 aliphatic heterocycles. The fourth-order valence-electron chi connectivity index (χ4n) is 1.75. The molecule has 84 valence electrons. The summed E-state index contributed by atoms with van der Waals surface area (Å²) in [5.41, 5.74) is 0.874. The van der Waals surface area contributed by atoms with E-state index >= 15 is 0 Å². The molecule has 1 aromatic heterocycles. The van der Waals surface area contributed by atoms with Crippen LogP contribution < -0.4 is 0 Å². The third-order valence-corrected chi connectivity index (χ3v) is 2.56. The third-order valence-electron chi connectivity index (χ3n) is 2.56. The molecule has 1 atom stereocenters. The second kappa shape index (κ2) is 5.05. The van der Waals surface area contributed by atoms with Gasteiger partial charge in [0, 0.05) is 24.4 Å². The molecule has 0 amide bonds. The van der Waals surface area contributed by atoms with Gasteiger partial charge in [0.05, 0.1) is 6.61 Å². The van der Waals surface area contributed by atoms with Crippen LogP contribution in [0.15, 0.2) is 36.7 Å². The second-order valence-electron chi connectivity index (χ2n) is 3.62. The first kappa shape index (κ1) is 11.0. The van der Waals surface area contributed by atoms with E-state index in [0.29, 0.717) is 13.2 Å². The number of fused-ring (bicyclic) bond motifs is 1. The van der Waals surface area contributed by atoms with Crippen molar-refractivity contribution in [2.24, 2.45) is 0 Å². The van der Waals surface area contributed by atoms with Gasteiger partial charge in [-0.25, -0.2) is 0 Å². The highest BCUT2D eigenvalue weighted by molar-refractivity contribution is 5.85. The monoisotopic (exact) mass is 217 g/mol. The van der Waals surface area contributed by atoms with Crippen LogP contribution in [0.25, 0.3) is 10.8 Å². The number of pyridine rings is 1. The number of aliphatic hydroxyl groups is 1. The highest BCUT2D eigenvalue weighted by atomic mass is 16.5. The Kier molecular flexibility index (Phi) is 3.49. The average molecular weight is 217 g/mol. The van der Waals surface area contributed by atoms with E-state index in [0.717, 1.165) is 16.3 Å². The Labute approximate surface area is 94.7 Å². The van der Waals surface area contributed by atoms with Gasteiger partial charge >= 0.3 is 0 Å². The van der Waals surface area contributed by atoms with Crippen LogP contribution in [0.1, 0.15) is 18.6 Å². The van der Waals surface area contributed by atoms with Crippen LogP contribution in [-0.2, 0) is 4.74 Å². The Morgan fingerprint density at radius 2 is 2.25 bits per heavy atom. The summed E-state index contributed by atoms with van der Waals surface area (Å²) in [6.07, 6.45) is 2.94. The highest BCUT2D eigenvalue weighted by Crippen LogP contribution is 2.23. The number of aromatic nitrogens is 1. The van der Waals surface area contributed by atoms with E-state index in [9.17, 15) is 5.11 Å².